The van der Waals surface area contributed by atoms with Gasteiger partial charge in [0, 0.05) is 30.6 Å². The molecule has 1 aliphatic heterocycles. The van der Waals surface area contributed by atoms with Crippen molar-refractivity contribution in [2.75, 3.05) is 13.1 Å². The molecule has 0 spiro atoms. The topological polar surface area (TPSA) is 51.0 Å². The maximum atomic E-state index is 13.1. The molecule has 35 heavy (non-hydrogen) atoms. The third-order valence-corrected chi connectivity index (χ3v) is 7.50. The number of pyridine rings is 1. The molecule has 2 aromatic carbocycles. The number of fused-ring (bicyclic) bond motifs is 1. The molecule has 5 heteroatoms. The lowest BCUT2D eigenvalue weighted by Crippen LogP contribution is -2.39. The lowest BCUT2D eigenvalue weighted by atomic mass is 9.90. The molecule has 4 aromatic rings. The number of hydrogen-bond donors (Lipinski definition) is 0. The minimum absolute atomic E-state index is 0.263. The van der Waals surface area contributed by atoms with Crippen LogP contribution in [0.2, 0.25) is 0 Å². The van der Waals surface area contributed by atoms with Crippen LogP contribution in [0.15, 0.2) is 60.7 Å². The summed E-state index contributed by atoms with van der Waals surface area (Å²) < 4.78 is 1.93. The molecule has 5 nitrogen and oxygen atoms in total. The first kappa shape index (κ1) is 23.3. The van der Waals surface area contributed by atoms with Gasteiger partial charge in [0.25, 0.3) is 0 Å². The molecule has 1 saturated heterocycles. The number of nitrogens with zero attached hydrogens (tertiary/aromatic N) is 4. The average Bonchev–Trinajstić information content (AvgIpc) is 3.21. The van der Waals surface area contributed by atoms with E-state index in [1.807, 2.05) is 41.9 Å². The number of amides is 1. The lowest BCUT2D eigenvalue weighted by molar-refractivity contribution is -0.132. The van der Waals surface area contributed by atoms with Gasteiger partial charge in [0.15, 0.2) is 5.65 Å². The average molecular weight is 467 g/mol. The highest BCUT2D eigenvalue weighted by atomic mass is 16.2. The van der Waals surface area contributed by atoms with E-state index in [4.69, 9.17) is 10.1 Å². The monoisotopic (exact) mass is 466 g/mol. The fraction of sp³-hybridized carbons (Fsp3) is 0.367. The highest BCUT2D eigenvalue weighted by Crippen LogP contribution is 2.29. The van der Waals surface area contributed by atoms with Gasteiger partial charge in [0.1, 0.15) is 0 Å². The van der Waals surface area contributed by atoms with Crippen molar-refractivity contribution in [1.29, 1.82) is 0 Å². The summed E-state index contributed by atoms with van der Waals surface area (Å²) in [7, 11) is 0. The molecular weight excluding hydrogens is 432 g/mol. The van der Waals surface area contributed by atoms with Crippen LogP contribution >= 0.6 is 0 Å². The lowest BCUT2D eigenvalue weighted by Gasteiger charge is -2.32. The molecular formula is C30H34N4O. The molecule has 0 bridgehead atoms. The molecule has 0 atom stereocenters. The summed E-state index contributed by atoms with van der Waals surface area (Å²) in [6, 6.07) is 20.8. The third-order valence-electron chi connectivity index (χ3n) is 7.50. The minimum atomic E-state index is 0.263. The van der Waals surface area contributed by atoms with E-state index in [2.05, 4.69) is 49.1 Å². The molecule has 0 aliphatic carbocycles. The largest absolute Gasteiger partial charge is 0.343 e. The van der Waals surface area contributed by atoms with E-state index in [9.17, 15) is 4.79 Å². The number of aromatic nitrogens is 3. The highest BCUT2D eigenvalue weighted by molar-refractivity contribution is 5.85. The van der Waals surface area contributed by atoms with Gasteiger partial charge in [-0.1, -0.05) is 48.5 Å². The van der Waals surface area contributed by atoms with E-state index in [-0.39, 0.29) is 5.91 Å². The number of para-hydroxylation sites is 1. The Morgan fingerprint density at radius 1 is 0.914 bits per heavy atom. The number of carbonyl (C=O) groups is 1. The Bertz CT molecular complexity index is 1320. The maximum absolute atomic E-state index is 13.1. The van der Waals surface area contributed by atoms with Crippen molar-refractivity contribution >= 4 is 16.9 Å². The smallest absolute Gasteiger partial charge is 0.222 e. The predicted molar refractivity (Wildman–Crippen MR) is 141 cm³/mol. The quantitative estimate of drug-likeness (QED) is 0.363. The van der Waals surface area contributed by atoms with Gasteiger partial charge in [-0.3, -0.25) is 4.79 Å². The molecule has 180 valence electrons. The Kier molecular flexibility index (Phi) is 6.67. The van der Waals surface area contributed by atoms with Gasteiger partial charge >= 0.3 is 0 Å². The van der Waals surface area contributed by atoms with Gasteiger partial charge < -0.3 is 4.90 Å². The maximum Gasteiger partial charge on any atom is 0.222 e. The van der Waals surface area contributed by atoms with E-state index < -0.39 is 0 Å². The summed E-state index contributed by atoms with van der Waals surface area (Å²) >= 11 is 0. The first-order valence-corrected chi connectivity index (χ1v) is 12.7. The van der Waals surface area contributed by atoms with Crippen LogP contribution in [0.3, 0.4) is 0 Å². The van der Waals surface area contributed by atoms with Gasteiger partial charge in [-0.05, 0) is 81.2 Å². The number of aryl methyl sites for hydroxylation is 3. The number of likely N-dealkylation sites (tertiary alicyclic amines) is 1. The predicted octanol–water partition coefficient (Wildman–Crippen LogP) is 5.76. The Balaban J connectivity index is 1.25. The third kappa shape index (κ3) is 4.86. The molecule has 0 unspecified atom stereocenters. The molecule has 2 aromatic heterocycles. The van der Waals surface area contributed by atoms with Crippen molar-refractivity contribution < 1.29 is 4.79 Å². The molecule has 0 radical (unpaired) electrons. The molecule has 0 saturated carbocycles. The number of rotatable bonds is 6. The van der Waals surface area contributed by atoms with Crippen LogP contribution < -0.4 is 0 Å². The molecule has 0 N–H and O–H groups in total. The van der Waals surface area contributed by atoms with Crippen LogP contribution in [0.5, 0.6) is 0 Å². The first-order chi connectivity index (χ1) is 17.0. The van der Waals surface area contributed by atoms with Crippen LogP contribution in [0, 0.1) is 26.7 Å². The second-order valence-corrected chi connectivity index (χ2v) is 9.85. The van der Waals surface area contributed by atoms with Crippen molar-refractivity contribution in [3.8, 4) is 5.69 Å². The van der Waals surface area contributed by atoms with Crippen LogP contribution in [0.4, 0.5) is 0 Å². The van der Waals surface area contributed by atoms with Crippen molar-refractivity contribution in [1.82, 2.24) is 19.7 Å². The summed E-state index contributed by atoms with van der Waals surface area (Å²) in [4.78, 5) is 20.1. The minimum Gasteiger partial charge on any atom is -0.343 e. The molecule has 5 rings (SSSR count). The van der Waals surface area contributed by atoms with Crippen LogP contribution in [-0.2, 0) is 17.6 Å². The van der Waals surface area contributed by atoms with E-state index in [1.165, 1.54) is 16.7 Å². The van der Waals surface area contributed by atoms with E-state index in [0.717, 1.165) is 66.9 Å². The molecule has 1 aliphatic rings. The number of hydrogen-bond acceptors (Lipinski definition) is 3. The van der Waals surface area contributed by atoms with Crippen molar-refractivity contribution in [3.63, 3.8) is 0 Å². The fourth-order valence-corrected chi connectivity index (χ4v) is 5.55. The van der Waals surface area contributed by atoms with Gasteiger partial charge in [-0.2, -0.15) is 5.10 Å². The Labute approximate surface area is 207 Å². The van der Waals surface area contributed by atoms with Gasteiger partial charge in [0.2, 0.25) is 5.91 Å². The van der Waals surface area contributed by atoms with Gasteiger partial charge in [0.05, 0.1) is 11.4 Å². The van der Waals surface area contributed by atoms with Crippen molar-refractivity contribution in [3.05, 3.63) is 88.7 Å². The highest BCUT2D eigenvalue weighted by Gasteiger charge is 2.24. The standard InChI is InChI=1S/C30H34N4O/c1-21-27(22(2)31-30-29(21)23(3)32-34(30)26-12-8-5-9-13-26)14-15-28(35)33-18-16-25(17-19-33)20-24-10-6-4-7-11-24/h4-13,25H,14-20H2,1-3H3. The second-order valence-electron chi connectivity index (χ2n) is 9.85. The Morgan fingerprint density at radius 3 is 2.26 bits per heavy atom. The van der Waals surface area contributed by atoms with E-state index >= 15 is 0 Å². The van der Waals surface area contributed by atoms with Gasteiger partial charge in [-0.15, -0.1) is 0 Å². The van der Waals surface area contributed by atoms with Crippen LogP contribution in [0.1, 0.15) is 47.3 Å². The molecule has 1 fully saturated rings. The summed E-state index contributed by atoms with van der Waals surface area (Å²) in [5.41, 5.74) is 7.64. The second kappa shape index (κ2) is 10.0. The number of piperidine rings is 1. The summed E-state index contributed by atoms with van der Waals surface area (Å²) in [6.45, 7) is 7.98. The molecule has 1 amide bonds. The Hall–Kier alpha value is -3.47. The zero-order valence-corrected chi connectivity index (χ0v) is 21.0. The Morgan fingerprint density at radius 2 is 1.57 bits per heavy atom. The van der Waals surface area contributed by atoms with Crippen molar-refractivity contribution in [2.45, 2.75) is 52.9 Å². The normalized spacial score (nSPS) is 14.5. The number of carbonyl (C=O) groups excluding carboxylic acids is 1. The summed E-state index contributed by atoms with van der Waals surface area (Å²) in [5.74, 6) is 0.931. The van der Waals surface area contributed by atoms with Crippen molar-refractivity contribution in [2.24, 2.45) is 5.92 Å². The zero-order chi connectivity index (χ0) is 24.4. The molecule has 3 heterocycles. The summed E-state index contributed by atoms with van der Waals surface area (Å²) in [5, 5.41) is 5.89. The fourth-order valence-electron chi connectivity index (χ4n) is 5.55. The first-order valence-electron chi connectivity index (χ1n) is 12.7. The van der Waals surface area contributed by atoms with Crippen LogP contribution in [-0.4, -0.2) is 38.7 Å². The summed E-state index contributed by atoms with van der Waals surface area (Å²) in [6.07, 6.45) is 4.54. The van der Waals surface area contributed by atoms with E-state index in [0.29, 0.717) is 12.3 Å². The van der Waals surface area contributed by atoms with E-state index in [1.54, 1.807) is 0 Å². The van der Waals surface area contributed by atoms with Crippen LogP contribution in [0.25, 0.3) is 16.7 Å². The SMILES string of the molecule is Cc1nc2c(c(C)nn2-c2ccccc2)c(C)c1CCC(=O)N1CCC(Cc2ccccc2)CC1. The zero-order valence-electron chi connectivity index (χ0n) is 21.0. The number of benzene rings is 2. The van der Waals surface area contributed by atoms with Gasteiger partial charge in [-0.25, -0.2) is 9.67 Å².